The van der Waals surface area contributed by atoms with Gasteiger partial charge in [0.1, 0.15) is 6.10 Å². The largest absolute Gasteiger partial charge is 0.506 e. The number of aliphatic hydroxyl groups is 3. The number of rotatable bonds is 2. The fourth-order valence-electron chi connectivity index (χ4n) is 6.06. The van der Waals surface area contributed by atoms with Crippen molar-refractivity contribution in [2.45, 2.75) is 12.0 Å². The van der Waals surface area contributed by atoms with Gasteiger partial charge in [-0.3, -0.25) is 0 Å². The fourth-order valence-corrected chi connectivity index (χ4v) is 6.06. The van der Waals surface area contributed by atoms with Crippen LogP contribution in [0.3, 0.4) is 0 Å². The molecule has 6 aromatic rings. The molecule has 8 heteroatoms. The summed E-state index contributed by atoms with van der Waals surface area (Å²) in [6, 6.07) is 25.0. The zero-order valence-electron chi connectivity index (χ0n) is 20.7. The number of benzene rings is 5. The number of phenols is 4. The number of fused-ring (bicyclic) bond motifs is 5. The van der Waals surface area contributed by atoms with Gasteiger partial charge in [-0.25, -0.2) is 0 Å². The SMILES string of the molecule is OC1=C(O)C(O)C(c2c3ccccc3c(-c3ccccc3)c3ccccc23)c2c1oc1c(O)c(O)c(O)c(O)c21. The normalized spacial score (nSPS) is 17.1. The highest BCUT2D eigenvalue weighted by Gasteiger charge is 2.43. The summed E-state index contributed by atoms with van der Waals surface area (Å²) >= 11 is 0. The maximum absolute atomic E-state index is 11.5. The predicted molar refractivity (Wildman–Crippen MR) is 150 cm³/mol. The van der Waals surface area contributed by atoms with Crippen molar-refractivity contribution in [1.29, 1.82) is 0 Å². The van der Waals surface area contributed by atoms with Gasteiger partial charge in [0.2, 0.25) is 17.2 Å². The molecule has 1 aliphatic carbocycles. The second-order valence-corrected chi connectivity index (χ2v) is 9.85. The Hall–Kier alpha value is -5.34. The van der Waals surface area contributed by atoms with Crippen LogP contribution in [0.1, 0.15) is 22.8 Å². The van der Waals surface area contributed by atoms with Crippen LogP contribution < -0.4 is 0 Å². The summed E-state index contributed by atoms with van der Waals surface area (Å²) < 4.78 is 5.68. The molecule has 0 saturated carbocycles. The molecule has 0 fully saturated rings. The van der Waals surface area contributed by atoms with E-state index in [9.17, 15) is 35.7 Å². The van der Waals surface area contributed by atoms with E-state index in [1.54, 1.807) is 0 Å². The summed E-state index contributed by atoms with van der Waals surface area (Å²) in [4.78, 5) is 0. The summed E-state index contributed by atoms with van der Waals surface area (Å²) in [6.45, 7) is 0. The third-order valence-corrected chi connectivity index (χ3v) is 7.78. The van der Waals surface area contributed by atoms with Crippen LogP contribution in [0.4, 0.5) is 0 Å². The maximum Gasteiger partial charge on any atom is 0.208 e. The number of aliphatic hydroxyl groups excluding tert-OH is 3. The molecule has 2 atom stereocenters. The smallest absolute Gasteiger partial charge is 0.208 e. The standard InChI is InChI=1S/C32H22O8/c33-24-21(22-23-25(34)26(35)28(37)30(39)32(23)40-31(22)29(38)27(24)36)20-17-12-6-4-10-15(17)19(14-8-2-1-3-9-14)16-11-5-7-13-18(16)20/h1-13,21,24,33-39H. The molecule has 198 valence electrons. The molecule has 8 nitrogen and oxygen atoms in total. The lowest BCUT2D eigenvalue weighted by Crippen LogP contribution is -2.27. The zero-order valence-corrected chi connectivity index (χ0v) is 20.7. The van der Waals surface area contributed by atoms with Crippen molar-refractivity contribution in [3.8, 4) is 34.1 Å². The molecule has 1 aromatic heterocycles. The molecule has 7 rings (SSSR count). The number of hydrogen-bond donors (Lipinski definition) is 7. The molecule has 5 aromatic carbocycles. The van der Waals surface area contributed by atoms with Crippen LogP contribution in [-0.2, 0) is 0 Å². The highest BCUT2D eigenvalue weighted by molar-refractivity contribution is 6.16. The van der Waals surface area contributed by atoms with E-state index in [0.717, 1.165) is 32.7 Å². The Labute approximate surface area is 226 Å². The van der Waals surface area contributed by atoms with Gasteiger partial charge < -0.3 is 40.2 Å². The van der Waals surface area contributed by atoms with Crippen LogP contribution >= 0.6 is 0 Å². The van der Waals surface area contributed by atoms with E-state index >= 15 is 0 Å². The van der Waals surface area contributed by atoms with E-state index in [1.807, 2.05) is 78.9 Å². The van der Waals surface area contributed by atoms with Crippen molar-refractivity contribution in [2.75, 3.05) is 0 Å². The Morgan fingerprint density at radius 1 is 0.550 bits per heavy atom. The van der Waals surface area contributed by atoms with Gasteiger partial charge in [-0.1, -0.05) is 78.9 Å². The van der Waals surface area contributed by atoms with Gasteiger partial charge in [0.05, 0.1) is 5.39 Å². The summed E-state index contributed by atoms with van der Waals surface area (Å²) in [5.41, 5.74) is 2.11. The van der Waals surface area contributed by atoms with Gasteiger partial charge >= 0.3 is 0 Å². The molecule has 0 radical (unpaired) electrons. The molecule has 0 saturated heterocycles. The van der Waals surface area contributed by atoms with Gasteiger partial charge in [0.25, 0.3) is 0 Å². The lowest BCUT2D eigenvalue weighted by molar-refractivity contribution is 0.130. The van der Waals surface area contributed by atoms with Crippen molar-refractivity contribution >= 4 is 38.3 Å². The molecule has 1 heterocycles. The third-order valence-electron chi connectivity index (χ3n) is 7.78. The van der Waals surface area contributed by atoms with Crippen LogP contribution in [0.25, 0.3) is 49.4 Å². The first kappa shape index (κ1) is 23.8. The van der Waals surface area contributed by atoms with E-state index in [2.05, 4.69) is 0 Å². The summed E-state index contributed by atoms with van der Waals surface area (Å²) in [5, 5.41) is 78.1. The van der Waals surface area contributed by atoms with E-state index in [4.69, 9.17) is 4.42 Å². The van der Waals surface area contributed by atoms with Crippen molar-refractivity contribution in [1.82, 2.24) is 0 Å². The topological polar surface area (TPSA) is 155 Å². The molecule has 0 aliphatic heterocycles. The van der Waals surface area contributed by atoms with Crippen LogP contribution in [0.2, 0.25) is 0 Å². The Morgan fingerprint density at radius 3 is 1.68 bits per heavy atom. The van der Waals surface area contributed by atoms with Crippen LogP contribution in [-0.4, -0.2) is 41.8 Å². The fraction of sp³-hybridized carbons (Fsp3) is 0.0625. The molecule has 2 unspecified atom stereocenters. The van der Waals surface area contributed by atoms with E-state index in [-0.39, 0.29) is 16.7 Å². The quantitative estimate of drug-likeness (QED) is 0.0752. The Bertz CT molecular complexity index is 1980. The van der Waals surface area contributed by atoms with Gasteiger partial charge in [-0.05, 0) is 38.2 Å². The van der Waals surface area contributed by atoms with Gasteiger partial charge in [-0.2, -0.15) is 0 Å². The third kappa shape index (κ3) is 2.99. The number of furan rings is 1. The van der Waals surface area contributed by atoms with Crippen molar-refractivity contribution in [3.05, 3.63) is 102 Å². The van der Waals surface area contributed by atoms with Gasteiger partial charge in [-0.15, -0.1) is 0 Å². The molecule has 0 bridgehead atoms. The van der Waals surface area contributed by atoms with Crippen LogP contribution in [0.15, 0.2) is 89.0 Å². The maximum atomic E-state index is 11.5. The Balaban J connectivity index is 1.68. The highest BCUT2D eigenvalue weighted by atomic mass is 16.4. The monoisotopic (exact) mass is 534 g/mol. The molecule has 40 heavy (non-hydrogen) atoms. The highest BCUT2D eigenvalue weighted by Crippen LogP contribution is 2.57. The minimum atomic E-state index is -1.69. The molecule has 0 spiro atoms. The first-order valence-corrected chi connectivity index (χ1v) is 12.5. The molecular formula is C32H22O8. The predicted octanol–water partition coefficient (Wildman–Crippen LogP) is 6.52. The second kappa shape index (κ2) is 8.33. The Morgan fingerprint density at radius 2 is 1.07 bits per heavy atom. The summed E-state index contributed by atoms with van der Waals surface area (Å²) in [5.74, 6) is -6.69. The molecule has 0 amide bonds. The lowest BCUT2D eigenvalue weighted by atomic mass is 9.75. The van der Waals surface area contributed by atoms with Crippen molar-refractivity contribution in [3.63, 3.8) is 0 Å². The van der Waals surface area contributed by atoms with Gasteiger partial charge in [0, 0.05) is 11.5 Å². The second-order valence-electron chi connectivity index (χ2n) is 9.85. The first-order chi connectivity index (χ1) is 19.3. The molecule has 7 N–H and O–H groups in total. The number of aromatic hydroxyl groups is 4. The number of phenolic OH excluding ortho intramolecular Hbond substituents is 4. The minimum Gasteiger partial charge on any atom is -0.506 e. The molecule has 1 aliphatic rings. The van der Waals surface area contributed by atoms with Crippen molar-refractivity contribution in [2.24, 2.45) is 0 Å². The van der Waals surface area contributed by atoms with Crippen LogP contribution in [0, 0.1) is 0 Å². The van der Waals surface area contributed by atoms with Crippen LogP contribution in [0.5, 0.6) is 23.0 Å². The average Bonchev–Trinajstić information content (AvgIpc) is 3.38. The van der Waals surface area contributed by atoms with Gasteiger partial charge in [0.15, 0.2) is 28.6 Å². The van der Waals surface area contributed by atoms with E-state index in [0.29, 0.717) is 5.56 Å². The summed E-state index contributed by atoms with van der Waals surface area (Å²) in [6.07, 6.45) is -1.69. The Kier molecular flexibility index (Phi) is 4.95. The minimum absolute atomic E-state index is 0.0312. The van der Waals surface area contributed by atoms with Crippen molar-refractivity contribution < 1.29 is 40.2 Å². The number of hydrogen-bond acceptors (Lipinski definition) is 8. The molecular weight excluding hydrogens is 512 g/mol. The average molecular weight is 535 g/mol. The first-order valence-electron chi connectivity index (χ1n) is 12.5. The van der Waals surface area contributed by atoms with E-state index < -0.39 is 52.1 Å². The van der Waals surface area contributed by atoms with E-state index in [1.165, 1.54) is 0 Å². The lowest BCUT2D eigenvalue weighted by Gasteiger charge is -2.30. The zero-order chi connectivity index (χ0) is 27.9. The summed E-state index contributed by atoms with van der Waals surface area (Å²) in [7, 11) is 0.